The minimum absolute atomic E-state index is 0.424. The van der Waals surface area contributed by atoms with Crippen LogP contribution in [0.5, 0.6) is 0 Å². The summed E-state index contributed by atoms with van der Waals surface area (Å²) in [4.78, 5) is 11.0. The van der Waals surface area contributed by atoms with E-state index < -0.39 is 34.9 Å². The molecular weight excluding hydrogens is 232 g/mol. The third kappa shape index (κ3) is 1.28. The Bertz CT molecular complexity index is 468. The number of alkyl halides is 3. The molecule has 0 aliphatic carbocycles. The molecule has 0 radical (unpaired) electrons. The molecule has 0 saturated carbocycles. The van der Waals surface area contributed by atoms with E-state index in [1.54, 1.807) is 0 Å². The molecule has 1 heterocycles. The van der Waals surface area contributed by atoms with Gasteiger partial charge in [-0.05, 0) is 18.2 Å². The first-order valence-electron chi connectivity index (χ1n) is 4.08. The lowest BCUT2D eigenvalue weighted by Crippen LogP contribution is -2.42. The standard InChI is InChI=1S/C9H4F4O3/c10-4-1-2-5-6(3-4)8(15,9(11,12)13)16-7(5)14/h1-3,15H. The molecular formula is C9H4F4O3. The molecule has 0 amide bonds. The van der Waals surface area contributed by atoms with E-state index in [9.17, 15) is 27.5 Å². The maximum absolute atomic E-state index is 12.8. The van der Waals surface area contributed by atoms with Crippen LogP contribution in [0.1, 0.15) is 15.9 Å². The lowest BCUT2D eigenvalue weighted by atomic mass is 10.0. The number of hydrogen-bond donors (Lipinski definition) is 1. The molecule has 1 atom stereocenters. The first kappa shape index (κ1) is 10.9. The summed E-state index contributed by atoms with van der Waals surface area (Å²) in [5, 5.41) is 9.24. The zero-order valence-corrected chi connectivity index (χ0v) is 7.51. The average Bonchev–Trinajstić information content (AvgIpc) is 2.39. The Labute approximate surface area is 86.3 Å². The van der Waals surface area contributed by atoms with E-state index in [0.29, 0.717) is 6.07 Å². The van der Waals surface area contributed by atoms with Crippen molar-refractivity contribution in [3.05, 3.63) is 35.1 Å². The number of ether oxygens (including phenoxy) is 1. The lowest BCUT2D eigenvalue weighted by Gasteiger charge is -2.24. The van der Waals surface area contributed by atoms with Crippen molar-refractivity contribution in [3.8, 4) is 0 Å². The topological polar surface area (TPSA) is 46.5 Å². The maximum Gasteiger partial charge on any atom is 0.460 e. The number of carbonyl (C=O) groups excluding carboxylic acids is 1. The average molecular weight is 236 g/mol. The Morgan fingerprint density at radius 3 is 2.50 bits per heavy atom. The van der Waals surface area contributed by atoms with E-state index in [4.69, 9.17) is 0 Å². The number of fused-ring (bicyclic) bond motifs is 1. The number of cyclic esters (lactones) is 1. The minimum atomic E-state index is -5.22. The minimum Gasteiger partial charge on any atom is -0.415 e. The van der Waals surface area contributed by atoms with Gasteiger partial charge in [-0.15, -0.1) is 0 Å². The molecule has 1 aliphatic rings. The summed E-state index contributed by atoms with van der Waals surface area (Å²) in [5.74, 6) is -6.10. The van der Waals surface area contributed by atoms with E-state index in [0.717, 1.165) is 12.1 Å². The molecule has 2 rings (SSSR count). The number of carbonyl (C=O) groups is 1. The summed E-state index contributed by atoms with van der Waals surface area (Å²) in [5.41, 5.74) is -1.42. The van der Waals surface area contributed by atoms with Gasteiger partial charge in [0.2, 0.25) is 0 Å². The van der Waals surface area contributed by atoms with E-state index in [2.05, 4.69) is 4.74 Å². The normalized spacial score (nSPS) is 24.2. The highest BCUT2D eigenvalue weighted by Gasteiger charge is 2.63. The van der Waals surface area contributed by atoms with Gasteiger partial charge in [0.25, 0.3) is 0 Å². The van der Waals surface area contributed by atoms with Crippen molar-refractivity contribution in [1.82, 2.24) is 0 Å². The first-order valence-corrected chi connectivity index (χ1v) is 4.08. The molecule has 1 N–H and O–H groups in total. The van der Waals surface area contributed by atoms with Gasteiger partial charge in [-0.2, -0.15) is 13.2 Å². The van der Waals surface area contributed by atoms with Gasteiger partial charge < -0.3 is 9.84 Å². The smallest absolute Gasteiger partial charge is 0.415 e. The van der Waals surface area contributed by atoms with Crippen LogP contribution < -0.4 is 0 Å². The van der Waals surface area contributed by atoms with Gasteiger partial charge in [0.1, 0.15) is 5.82 Å². The first-order chi connectivity index (χ1) is 7.25. The SMILES string of the molecule is O=C1OC(O)(C(F)(F)F)c2cc(F)ccc21. The van der Waals surface area contributed by atoms with E-state index in [1.165, 1.54) is 0 Å². The molecule has 1 aliphatic heterocycles. The van der Waals surface area contributed by atoms with Crippen LogP contribution in [0.15, 0.2) is 18.2 Å². The summed E-state index contributed by atoms with van der Waals surface area (Å²) >= 11 is 0. The molecule has 3 nitrogen and oxygen atoms in total. The molecule has 86 valence electrons. The largest absolute Gasteiger partial charge is 0.460 e. The Kier molecular flexibility index (Phi) is 2.00. The van der Waals surface area contributed by atoms with Crippen LogP contribution in [-0.2, 0) is 10.5 Å². The van der Waals surface area contributed by atoms with Gasteiger partial charge in [0.15, 0.2) is 0 Å². The monoisotopic (exact) mass is 236 g/mol. The Morgan fingerprint density at radius 2 is 1.94 bits per heavy atom. The lowest BCUT2D eigenvalue weighted by molar-refractivity contribution is -0.349. The maximum atomic E-state index is 12.8. The van der Waals surface area contributed by atoms with Crippen LogP contribution >= 0.6 is 0 Å². The van der Waals surface area contributed by atoms with E-state index in [-0.39, 0.29) is 0 Å². The van der Waals surface area contributed by atoms with Crippen molar-refractivity contribution >= 4 is 5.97 Å². The molecule has 16 heavy (non-hydrogen) atoms. The summed E-state index contributed by atoms with van der Waals surface area (Å²) in [6, 6.07) is 2.06. The van der Waals surface area contributed by atoms with Crippen molar-refractivity contribution in [3.63, 3.8) is 0 Å². The van der Waals surface area contributed by atoms with Crippen molar-refractivity contribution < 1.29 is 32.2 Å². The van der Waals surface area contributed by atoms with Crippen LogP contribution in [0.2, 0.25) is 0 Å². The van der Waals surface area contributed by atoms with Crippen LogP contribution in [0, 0.1) is 5.82 Å². The van der Waals surface area contributed by atoms with Crippen molar-refractivity contribution in [2.45, 2.75) is 12.0 Å². The van der Waals surface area contributed by atoms with Crippen molar-refractivity contribution in [1.29, 1.82) is 0 Å². The second-order valence-electron chi connectivity index (χ2n) is 3.22. The van der Waals surface area contributed by atoms with Gasteiger partial charge >= 0.3 is 17.9 Å². The Balaban J connectivity index is 2.66. The molecule has 0 saturated heterocycles. The molecule has 1 aromatic carbocycles. The molecule has 1 aromatic rings. The second kappa shape index (κ2) is 2.94. The molecule has 0 fully saturated rings. The summed E-state index contributed by atoms with van der Waals surface area (Å²) in [6.45, 7) is 0. The predicted molar refractivity (Wildman–Crippen MR) is 41.8 cm³/mol. The van der Waals surface area contributed by atoms with Crippen molar-refractivity contribution in [2.75, 3.05) is 0 Å². The Morgan fingerprint density at radius 1 is 1.31 bits per heavy atom. The number of halogens is 4. The molecule has 7 heteroatoms. The molecule has 0 spiro atoms. The van der Waals surface area contributed by atoms with Crippen molar-refractivity contribution in [2.24, 2.45) is 0 Å². The predicted octanol–water partition coefficient (Wildman–Crippen LogP) is 1.70. The number of hydrogen-bond acceptors (Lipinski definition) is 3. The summed E-state index contributed by atoms with van der Waals surface area (Å²) < 4.78 is 54.1. The van der Waals surface area contributed by atoms with E-state index >= 15 is 0 Å². The summed E-state index contributed by atoms with van der Waals surface area (Å²) in [7, 11) is 0. The van der Waals surface area contributed by atoms with Gasteiger partial charge in [0.05, 0.1) is 11.1 Å². The van der Waals surface area contributed by atoms with Crippen LogP contribution in [0.4, 0.5) is 17.6 Å². The molecule has 0 bridgehead atoms. The third-order valence-electron chi connectivity index (χ3n) is 2.19. The van der Waals surface area contributed by atoms with Gasteiger partial charge in [-0.3, -0.25) is 0 Å². The second-order valence-corrected chi connectivity index (χ2v) is 3.22. The van der Waals surface area contributed by atoms with Crippen LogP contribution in [0.3, 0.4) is 0 Å². The van der Waals surface area contributed by atoms with Gasteiger partial charge in [-0.1, -0.05) is 0 Å². The molecule has 1 unspecified atom stereocenters. The van der Waals surface area contributed by atoms with Gasteiger partial charge in [-0.25, -0.2) is 9.18 Å². The third-order valence-corrected chi connectivity index (χ3v) is 2.19. The number of aliphatic hydroxyl groups is 1. The quantitative estimate of drug-likeness (QED) is 0.551. The van der Waals surface area contributed by atoms with E-state index in [1.807, 2.05) is 0 Å². The Hall–Kier alpha value is -1.63. The zero-order chi connectivity index (χ0) is 12.1. The number of benzene rings is 1. The highest BCUT2D eigenvalue weighted by atomic mass is 19.4. The van der Waals surface area contributed by atoms with Crippen LogP contribution in [0.25, 0.3) is 0 Å². The number of esters is 1. The highest BCUT2D eigenvalue weighted by Crippen LogP contribution is 2.45. The fraction of sp³-hybridized carbons (Fsp3) is 0.222. The zero-order valence-electron chi connectivity index (χ0n) is 7.51. The fourth-order valence-electron chi connectivity index (χ4n) is 1.43. The fourth-order valence-corrected chi connectivity index (χ4v) is 1.43. The van der Waals surface area contributed by atoms with Crippen LogP contribution in [-0.4, -0.2) is 17.3 Å². The summed E-state index contributed by atoms with van der Waals surface area (Å²) in [6.07, 6.45) is -5.22. The van der Waals surface area contributed by atoms with Gasteiger partial charge in [0, 0.05) is 0 Å². The highest BCUT2D eigenvalue weighted by molar-refractivity contribution is 5.94. The molecule has 0 aromatic heterocycles. The number of rotatable bonds is 0.